The molecule has 0 N–H and O–H groups in total. The van der Waals surface area contributed by atoms with Crippen LogP contribution < -0.4 is 4.74 Å². The molecule has 0 aromatic carbocycles. The summed E-state index contributed by atoms with van der Waals surface area (Å²) < 4.78 is 23.2. The van der Waals surface area contributed by atoms with Crippen LogP contribution in [0, 0.1) is 5.95 Å². The molecule has 0 aliphatic heterocycles. The minimum absolute atomic E-state index is 0.192. The second kappa shape index (κ2) is 6.36. The summed E-state index contributed by atoms with van der Waals surface area (Å²) >= 11 is 0. The highest BCUT2D eigenvalue weighted by Crippen LogP contribution is 2.09. The highest BCUT2D eigenvalue weighted by Gasteiger charge is 2.19. The molecule has 1 aromatic rings. The molecule has 1 heterocycles. The summed E-state index contributed by atoms with van der Waals surface area (Å²) in [4.78, 5) is 16.6. The number of aromatic nitrogens is 1. The average Bonchev–Trinajstić information content (AvgIpc) is 2.26. The highest BCUT2D eigenvalue weighted by molar-refractivity contribution is 5.67. The van der Waals surface area contributed by atoms with Gasteiger partial charge in [0, 0.05) is 13.1 Å². The van der Waals surface area contributed by atoms with E-state index in [0.29, 0.717) is 6.54 Å². The lowest BCUT2D eigenvalue weighted by Crippen LogP contribution is -2.36. The first kappa shape index (κ1) is 15.2. The van der Waals surface area contributed by atoms with Crippen molar-refractivity contribution >= 4 is 6.09 Å². The van der Waals surface area contributed by atoms with Crippen LogP contribution in [-0.4, -0.2) is 41.8 Å². The van der Waals surface area contributed by atoms with Crippen molar-refractivity contribution in [1.82, 2.24) is 9.88 Å². The third-order valence-corrected chi connectivity index (χ3v) is 2.07. The number of carbonyl (C=O) groups is 1. The Bertz CT molecular complexity index is 432. The van der Waals surface area contributed by atoms with Crippen LogP contribution in [0.25, 0.3) is 0 Å². The first-order chi connectivity index (χ1) is 8.78. The number of rotatable bonds is 4. The van der Waals surface area contributed by atoms with Crippen molar-refractivity contribution in [2.24, 2.45) is 0 Å². The van der Waals surface area contributed by atoms with Gasteiger partial charge in [0.2, 0.25) is 11.8 Å². The molecule has 1 rings (SSSR count). The number of amides is 1. The molecule has 19 heavy (non-hydrogen) atoms. The fourth-order valence-electron chi connectivity index (χ4n) is 1.19. The second-order valence-electron chi connectivity index (χ2n) is 5.05. The maximum Gasteiger partial charge on any atom is 0.410 e. The van der Waals surface area contributed by atoms with Gasteiger partial charge in [0.05, 0.1) is 6.54 Å². The first-order valence-electron chi connectivity index (χ1n) is 5.97. The monoisotopic (exact) mass is 270 g/mol. The largest absolute Gasteiger partial charge is 0.476 e. The summed E-state index contributed by atoms with van der Waals surface area (Å²) in [5, 5.41) is 0. The van der Waals surface area contributed by atoms with Gasteiger partial charge in [0.15, 0.2) is 0 Å². The lowest BCUT2D eigenvalue weighted by Gasteiger charge is -2.24. The molecule has 0 aliphatic rings. The molecule has 5 nitrogen and oxygen atoms in total. The quantitative estimate of drug-likeness (QED) is 0.789. The van der Waals surface area contributed by atoms with Gasteiger partial charge in [-0.2, -0.15) is 9.37 Å². The molecule has 0 aliphatic carbocycles. The SMILES string of the molecule is CN(CCOc1cccc(F)n1)C(=O)OC(C)(C)C. The van der Waals surface area contributed by atoms with E-state index in [-0.39, 0.29) is 12.5 Å². The Labute approximate surface area is 112 Å². The molecule has 106 valence electrons. The number of nitrogens with zero attached hydrogens (tertiary/aromatic N) is 2. The van der Waals surface area contributed by atoms with Gasteiger partial charge in [-0.1, -0.05) is 6.07 Å². The summed E-state index contributed by atoms with van der Waals surface area (Å²) in [6.45, 7) is 5.93. The van der Waals surface area contributed by atoms with E-state index in [1.807, 2.05) is 0 Å². The Morgan fingerprint density at radius 3 is 2.68 bits per heavy atom. The van der Waals surface area contributed by atoms with Gasteiger partial charge in [-0.05, 0) is 26.8 Å². The van der Waals surface area contributed by atoms with Crippen LogP contribution in [0.5, 0.6) is 5.88 Å². The van der Waals surface area contributed by atoms with Crippen molar-refractivity contribution in [3.8, 4) is 5.88 Å². The van der Waals surface area contributed by atoms with E-state index in [2.05, 4.69) is 4.98 Å². The van der Waals surface area contributed by atoms with E-state index >= 15 is 0 Å². The number of hydrogen-bond donors (Lipinski definition) is 0. The number of carbonyl (C=O) groups excluding carboxylic acids is 1. The molecule has 0 atom stereocenters. The standard InChI is InChI=1S/C13H19FN2O3/c1-13(2,3)19-12(17)16(4)8-9-18-11-7-5-6-10(14)15-11/h5-7H,8-9H2,1-4H3. The fraction of sp³-hybridized carbons (Fsp3) is 0.538. The van der Waals surface area contributed by atoms with Gasteiger partial charge in [-0.15, -0.1) is 0 Å². The first-order valence-corrected chi connectivity index (χ1v) is 5.97. The fourth-order valence-corrected chi connectivity index (χ4v) is 1.19. The molecule has 0 spiro atoms. The van der Waals surface area contributed by atoms with Gasteiger partial charge < -0.3 is 14.4 Å². The predicted octanol–water partition coefficient (Wildman–Crippen LogP) is 2.47. The van der Waals surface area contributed by atoms with E-state index in [9.17, 15) is 9.18 Å². The van der Waals surface area contributed by atoms with Crippen LogP contribution in [0.3, 0.4) is 0 Å². The molecule has 0 saturated carbocycles. The zero-order valence-electron chi connectivity index (χ0n) is 11.6. The highest BCUT2D eigenvalue weighted by atomic mass is 19.1. The van der Waals surface area contributed by atoms with Crippen molar-refractivity contribution < 1.29 is 18.7 Å². The smallest absolute Gasteiger partial charge is 0.410 e. The predicted molar refractivity (Wildman–Crippen MR) is 68.6 cm³/mol. The summed E-state index contributed by atoms with van der Waals surface area (Å²) in [7, 11) is 1.61. The summed E-state index contributed by atoms with van der Waals surface area (Å²) in [5.41, 5.74) is -0.531. The minimum Gasteiger partial charge on any atom is -0.476 e. The van der Waals surface area contributed by atoms with Crippen molar-refractivity contribution in [2.45, 2.75) is 26.4 Å². The Balaban J connectivity index is 2.34. The lowest BCUT2D eigenvalue weighted by molar-refractivity contribution is 0.0277. The molecule has 1 aromatic heterocycles. The van der Waals surface area contributed by atoms with Crippen molar-refractivity contribution in [3.05, 3.63) is 24.1 Å². The minimum atomic E-state index is -0.599. The van der Waals surface area contributed by atoms with Gasteiger partial charge in [-0.3, -0.25) is 0 Å². The number of halogens is 1. The molecule has 0 radical (unpaired) electrons. The maximum atomic E-state index is 12.8. The molecule has 0 unspecified atom stereocenters. The molecule has 0 saturated heterocycles. The van der Waals surface area contributed by atoms with E-state index in [1.54, 1.807) is 33.9 Å². The van der Waals surface area contributed by atoms with E-state index in [0.717, 1.165) is 0 Å². The molecular weight excluding hydrogens is 251 g/mol. The Hall–Kier alpha value is -1.85. The summed E-state index contributed by atoms with van der Waals surface area (Å²) in [6, 6.07) is 4.30. The molecule has 0 fully saturated rings. The number of pyridine rings is 1. The van der Waals surface area contributed by atoms with Gasteiger partial charge >= 0.3 is 6.09 Å². The normalized spacial score (nSPS) is 11.0. The van der Waals surface area contributed by atoms with E-state index < -0.39 is 17.6 Å². The summed E-state index contributed by atoms with van der Waals surface area (Å²) in [6.07, 6.45) is -0.427. The van der Waals surface area contributed by atoms with Crippen molar-refractivity contribution in [1.29, 1.82) is 0 Å². The Kier molecular flexibility index (Phi) is 5.09. The third kappa shape index (κ3) is 6.03. The third-order valence-electron chi connectivity index (χ3n) is 2.07. The van der Waals surface area contributed by atoms with Gasteiger partial charge in [-0.25, -0.2) is 4.79 Å². The van der Waals surface area contributed by atoms with Crippen LogP contribution in [0.4, 0.5) is 9.18 Å². The zero-order chi connectivity index (χ0) is 14.5. The van der Waals surface area contributed by atoms with Gasteiger partial charge in [0.25, 0.3) is 0 Å². The number of ether oxygens (including phenoxy) is 2. The maximum absolute atomic E-state index is 12.8. The van der Waals surface area contributed by atoms with Crippen molar-refractivity contribution in [3.63, 3.8) is 0 Å². The topological polar surface area (TPSA) is 51.7 Å². The number of likely N-dealkylation sites (N-methyl/N-ethyl adjacent to an activating group) is 1. The van der Waals surface area contributed by atoms with E-state index in [1.165, 1.54) is 17.0 Å². The molecular formula is C13H19FN2O3. The second-order valence-corrected chi connectivity index (χ2v) is 5.05. The Morgan fingerprint density at radius 2 is 2.11 bits per heavy atom. The number of hydrogen-bond acceptors (Lipinski definition) is 4. The zero-order valence-corrected chi connectivity index (χ0v) is 11.6. The van der Waals surface area contributed by atoms with Crippen LogP contribution in [0.1, 0.15) is 20.8 Å². The molecule has 1 amide bonds. The van der Waals surface area contributed by atoms with E-state index in [4.69, 9.17) is 9.47 Å². The van der Waals surface area contributed by atoms with Gasteiger partial charge in [0.1, 0.15) is 12.2 Å². The lowest BCUT2D eigenvalue weighted by atomic mass is 10.2. The van der Waals surface area contributed by atoms with Crippen molar-refractivity contribution in [2.75, 3.05) is 20.2 Å². The summed E-state index contributed by atoms with van der Waals surface area (Å²) in [5.74, 6) is -0.407. The van der Waals surface area contributed by atoms with Crippen LogP contribution in [-0.2, 0) is 4.74 Å². The molecule has 0 bridgehead atoms. The van der Waals surface area contributed by atoms with Crippen LogP contribution >= 0.6 is 0 Å². The molecule has 6 heteroatoms. The van der Waals surface area contributed by atoms with Crippen LogP contribution in [0.15, 0.2) is 18.2 Å². The average molecular weight is 270 g/mol. The van der Waals surface area contributed by atoms with Crippen LogP contribution in [0.2, 0.25) is 0 Å². The Morgan fingerprint density at radius 1 is 1.42 bits per heavy atom.